The number of carbonyl (C=O) groups is 1. The van der Waals surface area contributed by atoms with E-state index in [0.29, 0.717) is 12.3 Å². The molecule has 0 atom stereocenters. The number of carbonyl (C=O) groups excluding carboxylic acids is 1. The molecule has 5 rings (SSSR count). The van der Waals surface area contributed by atoms with E-state index in [2.05, 4.69) is 26.5 Å². The molecular weight excluding hydrogens is 506 g/mol. The highest BCUT2D eigenvalue weighted by Crippen LogP contribution is 2.38. The van der Waals surface area contributed by atoms with E-state index in [1.165, 1.54) is 0 Å². The van der Waals surface area contributed by atoms with E-state index >= 15 is 0 Å². The lowest BCUT2D eigenvalue weighted by molar-refractivity contribution is -0.131. The Morgan fingerprint density at radius 1 is 1.22 bits per heavy atom. The maximum Gasteiger partial charge on any atom is 0.227 e. The van der Waals surface area contributed by atoms with Crippen molar-refractivity contribution in [2.75, 3.05) is 13.1 Å². The Kier molecular flexibility index (Phi) is 6.26. The normalized spacial score (nSPS) is 14.8. The molecule has 0 spiro atoms. The van der Waals surface area contributed by atoms with Gasteiger partial charge in [-0.25, -0.2) is 4.98 Å². The first-order valence-corrected chi connectivity index (χ1v) is 13.1. The monoisotopic (exact) mass is 527 g/mol. The maximum atomic E-state index is 12.6. The lowest BCUT2D eigenvalue weighted by atomic mass is 9.97. The first-order valence-electron chi connectivity index (χ1n) is 10.6. The quantitative estimate of drug-likeness (QED) is 0.295. The van der Waals surface area contributed by atoms with Gasteiger partial charge in [-0.05, 0) is 43.3 Å². The number of hydrogen-bond donors (Lipinski definition) is 0. The summed E-state index contributed by atoms with van der Waals surface area (Å²) in [7, 11) is 0. The highest BCUT2D eigenvalue weighted by molar-refractivity contribution is 9.10. The van der Waals surface area contributed by atoms with E-state index in [1.54, 1.807) is 22.7 Å². The average Bonchev–Trinajstić information content (AvgIpc) is 3.55. The van der Waals surface area contributed by atoms with Crippen LogP contribution in [0.15, 0.2) is 56.2 Å². The number of rotatable bonds is 5. The van der Waals surface area contributed by atoms with Crippen molar-refractivity contribution in [3.63, 3.8) is 0 Å². The van der Waals surface area contributed by atoms with Gasteiger partial charge in [0.25, 0.3) is 0 Å². The SMILES string of the molecule is Cc1onc(-c2cccc(Br)c2)c1-c1csc(C2CCN(C(=O)Cc3cccs3)CC2)n1. The van der Waals surface area contributed by atoms with Crippen LogP contribution in [0.5, 0.6) is 0 Å². The molecule has 0 unspecified atom stereocenters. The number of hydrogen-bond acceptors (Lipinski definition) is 6. The maximum absolute atomic E-state index is 12.6. The molecule has 0 bridgehead atoms. The first kappa shape index (κ1) is 21.6. The Bertz CT molecular complexity index is 1220. The summed E-state index contributed by atoms with van der Waals surface area (Å²) in [6.45, 7) is 3.51. The number of benzene rings is 1. The number of aryl methyl sites for hydroxylation is 1. The van der Waals surface area contributed by atoms with Crippen LogP contribution in [0.3, 0.4) is 0 Å². The van der Waals surface area contributed by atoms with E-state index in [4.69, 9.17) is 9.51 Å². The second-order valence-corrected chi connectivity index (χ2v) is 10.8. The third-order valence-corrected chi connectivity index (χ3v) is 8.22. The standard InChI is InChI=1S/C24H22BrN3O2S2/c1-15-22(23(27-30-15)17-4-2-5-18(25)12-17)20-14-32-24(26-20)16-7-9-28(10-8-16)21(29)13-19-6-3-11-31-19/h2-6,11-12,14,16H,7-10,13H2,1H3. The van der Waals surface area contributed by atoms with Crippen LogP contribution in [0.1, 0.15) is 34.4 Å². The molecule has 4 heterocycles. The van der Waals surface area contributed by atoms with Crippen LogP contribution in [0, 0.1) is 6.92 Å². The molecule has 32 heavy (non-hydrogen) atoms. The van der Waals surface area contributed by atoms with Crippen LogP contribution in [-0.2, 0) is 11.2 Å². The van der Waals surface area contributed by atoms with Gasteiger partial charge in [0.1, 0.15) is 11.5 Å². The van der Waals surface area contributed by atoms with E-state index in [0.717, 1.165) is 68.6 Å². The summed E-state index contributed by atoms with van der Waals surface area (Å²) in [5, 5.41) is 9.57. The zero-order chi connectivity index (χ0) is 22.1. The summed E-state index contributed by atoms with van der Waals surface area (Å²) < 4.78 is 6.54. The Morgan fingerprint density at radius 2 is 2.06 bits per heavy atom. The molecule has 1 fully saturated rings. The minimum Gasteiger partial charge on any atom is -0.360 e. The van der Waals surface area contributed by atoms with Crippen molar-refractivity contribution in [1.82, 2.24) is 15.0 Å². The fraction of sp³-hybridized carbons (Fsp3) is 0.292. The Labute approximate surface area is 203 Å². The fourth-order valence-corrected chi connectivity index (χ4v) is 6.22. The van der Waals surface area contributed by atoms with Gasteiger partial charge >= 0.3 is 0 Å². The molecule has 1 amide bonds. The second kappa shape index (κ2) is 9.29. The number of amides is 1. The van der Waals surface area contributed by atoms with Crippen LogP contribution in [-0.4, -0.2) is 34.0 Å². The van der Waals surface area contributed by atoms with Gasteiger partial charge in [0.2, 0.25) is 5.91 Å². The molecule has 3 aromatic heterocycles. The van der Waals surface area contributed by atoms with Gasteiger partial charge in [0.15, 0.2) is 0 Å². The van der Waals surface area contributed by atoms with Crippen molar-refractivity contribution < 1.29 is 9.32 Å². The van der Waals surface area contributed by atoms with Crippen LogP contribution in [0.4, 0.5) is 0 Å². The highest BCUT2D eigenvalue weighted by Gasteiger charge is 2.27. The van der Waals surface area contributed by atoms with E-state index < -0.39 is 0 Å². The molecule has 1 aromatic carbocycles. The number of thiazole rings is 1. The van der Waals surface area contributed by atoms with Crippen LogP contribution < -0.4 is 0 Å². The number of thiophene rings is 1. The molecule has 5 nitrogen and oxygen atoms in total. The first-order chi connectivity index (χ1) is 15.6. The van der Waals surface area contributed by atoms with Crippen molar-refractivity contribution in [3.8, 4) is 22.5 Å². The molecule has 8 heteroatoms. The van der Waals surface area contributed by atoms with Gasteiger partial charge in [-0.15, -0.1) is 22.7 Å². The minimum atomic E-state index is 0.226. The molecule has 4 aromatic rings. The van der Waals surface area contributed by atoms with Crippen LogP contribution in [0.2, 0.25) is 0 Å². The number of aromatic nitrogens is 2. The Morgan fingerprint density at radius 3 is 2.81 bits per heavy atom. The smallest absolute Gasteiger partial charge is 0.227 e. The Balaban J connectivity index is 1.29. The molecule has 0 radical (unpaired) electrons. The number of likely N-dealkylation sites (tertiary alicyclic amines) is 1. The summed E-state index contributed by atoms with van der Waals surface area (Å²) in [5.41, 5.74) is 3.68. The predicted molar refractivity (Wildman–Crippen MR) is 132 cm³/mol. The van der Waals surface area contributed by atoms with E-state index in [1.807, 2.05) is 53.6 Å². The summed E-state index contributed by atoms with van der Waals surface area (Å²) >= 11 is 6.87. The third-order valence-electron chi connectivity index (χ3n) is 5.84. The summed E-state index contributed by atoms with van der Waals surface area (Å²) in [6.07, 6.45) is 2.41. The van der Waals surface area contributed by atoms with Crippen molar-refractivity contribution >= 4 is 44.5 Å². The van der Waals surface area contributed by atoms with Crippen LogP contribution >= 0.6 is 38.6 Å². The van der Waals surface area contributed by atoms with Gasteiger partial charge in [-0.2, -0.15) is 0 Å². The molecule has 1 aliphatic heterocycles. The molecular formula is C24H22BrN3O2S2. The third kappa shape index (κ3) is 4.44. The lowest BCUT2D eigenvalue weighted by Gasteiger charge is -2.31. The molecule has 164 valence electrons. The predicted octanol–water partition coefficient (Wildman–Crippen LogP) is 6.55. The van der Waals surface area contributed by atoms with Gasteiger partial charge in [-0.1, -0.05) is 39.3 Å². The molecule has 0 saturated carbocycles. The molecule has 0 aliphatic carbocycles. The number of nitrogens with zero attached hydrogens (tertiary/aromatic N) is 3. The van der Waals surface area contributed by atoms with Crippen LogP contribution in [0.25, 0.3) is 22.5 Å². The molecule has 1 saturated heterocycles. The highest BCUT2D eigenvalue weighted by atomic mass is 79.9. The minimum absolute atomic E-state index is 0.226. The fourth-order valence-electron chi connectivity index (χ4n) is 4.15. The van der Waals surface area contributed by atoms with Gasteiger partial charge in [0, 0.05) is 39.3 Å². The molecule has 0 N–H and O–H groups in total. The number of piperidine rings is 1. The zero-order valence-corrected chi connectivity index (χ0v) is 20.8. The van der Waals surface area contributed by atoms with Gasteiger partial charge < -0.3 is 9.42 Å². The second-order valence-electron chi connectivity index (χ2n) is 7.95. The summed E-state index contributed by atoms with van der Waals surface area (Å²) in [4.78, 5) is 20.7. The van der Waals surface area contributed by atoms with Crippen molar-refractivity contribution in [2.45, 2.75) is 32.1 Å². The van der Waals surface area contributed by atoms with Gasteiger partial charge in [-0.3, -0.25) is 4.79 Å². The average molecular weight is 528 g/mol. The lowest BCUT2D eigenvalue weighted by Crippen LogP contribution is -2.38. The summed E-state index contributed by atoms with van der Waals surface area (Å²) in [5.74, 6) is 1.38. The Hall–Kier alpha value is -2.29. The summed E-state index contributed by atoms with van der Waals surface area (Å²) in [6, 6.07) is 12.1. The number of halogens is 1. The van der Waals surface area contributed by atoms with E-state index in [-0.39, 0.29) is 5.91 Å². The van der Waals surface area contributed by atoms with Gasteiger partial charge in [0.05, 0.1) is 22.7 Å². The van der Waals surface area contributed by atoms with Crippen molar-refractivity contribution in [2.24, 2.45) is 0 Å². The topological polar surface area (TPSA) is 59.2 Å². The van der Waals surface area contributed by atoms with Crippen molar-refractivity contribution in [3.05, 3.63) is 67.3 Å². The van der Waals surface area contributed by atoms with Crippen molar-refractivity contribution in [1.29, 1.82) is 0 Å². The molecule has 1 aliphatic rings. The largest absolute Gasteiger partial charge is 0.360 e. The zero-order valence-electron chi connectivity index (χ0n) is 17.6. The van der Waals surface area contributed by atoms with E-state index in [9.17, 15) is 4.79 Å².